The van der Waals surface area contributed by atoms with E-state index in [9.17, 15) is 22.8 Å². The highest BCUT2D eigenvalue weighted by molar-refractivity contribution is 7.99. The van der Waals surface area contributed by atoms with Crippen molar-refractivity contribution in [3.8, 4) is 0 Å². The van der Waals surface area contributed by atoms with E-state index in [0.717, 1.165) is 54.6 Å². The number of nitrogens with zero attached hydrogens (tertiary/aromatic N) is 3. The lowest BCUT2D eigenvalue weighted by atomic mass is 10.1. The Bertz CT molecular complexity index is 1120. The second-order valence-corrected chi connectivity index (χ2v) is 9.76. The molecule has 0 radical (unpaired) electrons. The van der Waals surface area contributed by atoms with Crippen molar-refractivity contribution in [2.24, 2.45) is 0 Å². The number of aliphatic hydroxyl groups excluding tert-OH is 1. The topological polar surface area (TPSA) is 105 Å². The quantitative estimate of drug-likeness (QED) is 0.418. The van der Waals surface area contributed by atoms with E-state index in [1.54, 1.807) is 6.07 Å². The first-order valence-corrected chi connectivity index (χ1v) is 12.9. The van der Waals surface area contributed by atoms with E-state index in [1.807, 2.05) is 29.2 Å². The summed E-state index contributed by atoms with van der Waals surface area (Å²) >= 11 is 1.53. The van der Waals surface area contributed by atoms with Crippen LogP contribution in [0.15, 0.2) is 64.4 Å². The zero-order chi connectivity index (χ0) is 27.7. The summed E-state index contributed by atoms with van der Waals surface area (Å²) in [5, 5.41) is 24.7. The van der Waals surface area contributed by atoms with Crippen LogP contribution in [0.2, 0.25) is 0 Å². The first-order chi connectivity index (χ1) is 18.1. The summed E-state index contributed by atoms with van der Waals surface area (Å²) in [5.74, 6) is -2.51. The van der Waals surface area contributed by atoms with Gasteiger partial charge in [0.25, 0.3) is 0 Å². The van der Waals surface area contributed by atoms with Gasteiger partial charge in [0.2, 0.25) is 0 Å². The van der Waals surface area contributed by atoms with Gasteiger partial charge in [0.15, 0.2) is 0 Å². The van der Waals surface area contributed by atoms with Crippen LogP contribution in [-0.2, 0) is 15.8 Å². The van der Waals surface area contributed by atoms with Crippen molar-refractivity contribution >= 4 is 35.1 Å². The number of carbonyl (C=O) groups is 2. The number of aliphatic carboxylic acids is 2. The van der Waals surface area contributed by atoms with Gasteiger partial charge in [0.1, 0.15) is 0 Å². The van der Waals surface area contributed by atoms with Gasteiger partial charge in [-0.25, -0.2) is 9.59 Å². The van der Waals surface area contributed by atoms with Crippen LogP contribution in [-0.4, -0.2) is 89.5 Å². The summed E-state index contributed by atoms with van der Waals surface area (Å²) in [4.78, 5) is 27.7. The predicted molar refractivity (Wildman–Crippen MR) is 138 cm³/mol. The Labute approximate surface area is 223 Å². The highest BCUT2D eigenvalue weighted by atomic mass is 32.2. The molecular weight excluding hydrogens is 523 g/mol. The van der Waals surface area contributed by atoms with Gasteiger partial charge in [-0.05, 0) is 43.3 Å². The number of carboxylic acids is 2. The minimum atomic E-state index is -4.35. The number of benzene rings is 2. The number of piperazine rings is 1. The maximum atomic E-state index is 13.3. The Kier molecular flexibility index (Phi) is 10.6. The Morgan fingerprint density at radius 3 is 2.00 bits per heavy atom. The Morgan fingerprint density at radius 2 is 1.42 bits per heavy atom. The van der Waals surface area contributed by atoms with Crippen LogP contribution in [0.4, 0.5) is 24.5 Å². The molecule has 0 aliphatic carbocycles. The molecule has 2 aromatic rings. The molecule has 0 atom stereocenters. The van der Waals surface area contributed by atoms with E-state index in [0.29, 0.717) is 30.9 Å². The molecule has 12 heteroatoms. The molecule has 0 aromatic heterocycles. The number of fused-ring (bicyclic) bond motifs is 2. The molecule has 4 rings (SSSR count). The fraction of sp³-hybridized carbons (Fsp3) is 0.385. The largest absolute Gasteiger partial charge is 0.478 e. The average Bonchev–Trinajstić information content (AvgIpc) is 2.88. The minimum Gasteiger partial charge on any atom is -0.478 e. The molecule has 206 valence electrons. The monoisotopic (exact) mass is 553 g/mol. The Balaban J connectivity index is 0.000000436. The number of anilines is 2. The molecule has 2 heterocycles. The normalized spacial score (nSPS) is 15.9. The van der Waals surface area contributed by atoms with Crippen LogP contribution < -0.4 is 4.90 Å². The van der Waals surface area contributed by atoms with Crippen molar-refractivity contribution in [2.75, 3.05) is 57.3 Å². The molecule has 3 N–H and O–H groups in total. The van der Waals surface area contributed by atoms with Crippen LogP contribution in [0.25, 0.3) is 0 Å². The van der Waals surface area contributed by atoms with Crippen LogP contribution in [0.1, 0.15) is 12.0 Å². The number of halogens is 3. The van der Waals surface area contributed by atoms with Gasteiger partial charge in [-0.2, -0.15) is 13.2 Å². The molecule has 0 unspecified atom stereocenters. The van der Waals surface area contributed by atoms with Crippen LogP contribution in [0.3, 0.4) is 0 Å². The molecule has 2 aliphatic rings. The average molecular weight is 554 g/mol. The van der Waals surface area contributed by atoms with Gasteiger partial charge in [-0.3, -0.25) is 4.90 Å². The molecule has 0 bridgehead atoms. The lowest BCUT2D eigenvalue weighted by Gasteiger charge is -2.36. The molecule has 38 heavy (non-hydrogen) atoms. The van der Waals surface area contributed by atoms with Gasteiger partial charge in [0, 0.05) is 61.2 Å². The van der Waals surface area contributed by atoms with Crippen molar-refractivity contribution in [1.82, 2.24) is 9.80 Å². The molecule has 1 fully saturated rings. The maximum absolute atomic E-state index is 13.3. The van der Waals surface area contributed by atoms with Gasteiger partial charge >= 0.3 is 18.1 Å². The van der Waals surface area contributed by atoms with Gasteiger partial charge in [0.05, 0.1) is 23.5 Å². The number of carboxylic acid groups (broad SMARTS) is 2. The summed E-state index contributed by atoms with van der Waals surface area (Å²) in [5.41, 5.74) is 1.01. The van der Waals surface area contributed by atoms with Gasteiger partial charge in [-0.1, -0.05) is 23.9 Å². The fourth-order valence-corrected chi connectivity index (χ4v) is 5.30. The highest BCUT2D eigenvalue weighted by Crippen LogP contribution is 2.49. The summed E-state index contributed by atoms with van der Waals surface area (Å²) in [6.07, 6.45) is -2.37. The number of hydrogen-bond acceptors (Lipinski definition) is 7. The van der Waals surface area contributed by atoms with Crippen molar-refractivity contribution in [3.63, 3.8) is 0 Å². The Hall–Kier alpha value is -3.06. The van der Waals surface area contributed by atoms with E-state index in [2.05, 4.69) is 9.80 Å². The van der Waals surface area contributed by atoms with E-state index in [1.165, 1.54) is 23.9 Å². The number of rotatable bonds is 8. The minimum absolute atomic E-state index is 0.186. The molecule has 0 saturated carbocycles. The third kappa shape index (κ3) is 8.48. The third-order valence-corrected chi connectivity index (χ3v) is 7.19. The SMILES string of the molecule is O=C(O)/C=C/C(=O)O.OCCN1CCN(CCCN2c3ccccc3Sc3ccc(C(F)(F)F)cc32)CC1. The number of para-hydroxylation sites is 1. The molecule has 8 nitrogen and oxygen atoms in total. The summed E-state index contributed by atoms with van der Waals surface area (Å²) in [6, 6.07) is 11.9. The number of alkyl halides is 3. The fourth-order valence-electron chi connectivity index (χ4n) is 4.22. The van der Waals surface area contributed by atoms with E-state index >= 15 is 0 Å². The Morgan fingerprint density at radius 1 is 0.842 bits per heavy atom. The second-order valence-electron chi connectivity index (χ2n) is 8.67. The van der Waals surface area contributed by atoms with Crippen molar-refractivity contribution < 1.29 is 38.1 Å². The van der Waals surface area contributed by atoms with Crippen molar-refractivity contribution in [3.05, 3.63) is 60.2 Å². The lowest BCUT2D eigenvalue weighted by molar-refractivity contribution is -0.137. The highest BCUT2D eigenvalue weighted by Gasteiger charge is 2.33. The third-order valence-electron chi connectivity index (χ3n) is 6.06. The van der Waals surface area contributed by atoms with E-state index in [-0.39, 0.29) is 6.61 Å². The standard InChI is InChI=1S/C22H26F3N3OS.C4H4O4/c23-22(24,25)17-6-7-21-19(16-17)28(18-4-1-2-5-20(18)30-21)9-3-8-26-10-12-27(13-11-26)14-15-29;5-3(6)1-2-4(7)8/h1-2,4-7,16,29H,3,8-15H2;1-2H,(H,5,6)(H,7,8)/b;2-1+. The van der Waals surface area contributed by atoms with Crippen molar-refractivity contribution in [1.29, 1.82) is 0 Å². The first-order valence-electron chi connectivity index (χ1n) is 12.0. The second kappa shape index (κ2) is 13.7. The van der Waals surface area contributed by atoms with Crippen LogP contribution >= 0.6 is 11.8 Å². The zero-order valence-corrected chi connectivity index (χ0v) is 21.4. The smallest absolute Gasteiger partial charge is 0.416 e. The molecule has 1 saturated heterocycles. The molecular formula is C26H30F3N3O5S. The van der Waals surface area contributed by atoms with Crippen LogP contribution in [0, 0.1) is 0 Å². The van der Waals surface area contributed by atoms with E-state index in [4.69, 9.17) is 15.3 Å². The molecule has 2 aliphatic heterocycles. The number of aliphatic hydroxyl groups is 1. The zero-order valence-electron chi connectivity index (χ0n) is 20.6. The first kappa shape index (κ1) is 29.5. The number of β-amino-alcohol motifs (C(OH)–C–C–N with tert-alkyl or cyclic N) is 1. The lowest BCUT2D eigenvalue weighted by Crippen LogP contribution is -2.47. The molecule has 0 amide bonds. The van der Waals surface area contributed by atoms with Gasteiger partial charge in [-0.15, -0.1) is 0 Å². The molecule has 0 spiro atoms. The summed E-state index contributed by atoms with van der Waals surface area (Å²) < 4.78 is 39.9. The summed E-state index contributed by atoms with van der Waals surface area (Å²) in [7, 11) is 0. The van der Waals surface area contributed by atoms with E-state index < -0.39 is 23.7 Å². The summed E-state index contributed by atoms with van der Waals surface area (Å²) in [6.45, 7) is 6.29. The molecule has 2 aromatic carbocycles. The maximum Gasteiger partial charge on any atom is 0.416 e. The predicted octanol–water partition coefficient (Wildman–Crippen LogP) is 4.02. The van der Waals surface area contributed by atoms with Crippen molar-refractivity contribution in [2.45, 2.75) is 22.4 Å². The van der Waals surface area contributed by atoms with Gasteiger partial charge < -0.3 is 25.1 Å². The number of hydrogen-bond donors (Lipinski definition) is 3. The van der Waals surface area contributed by atoms with Crippen LogP contribution in [0.5, 0.6) is 0 Å².